The van der Waals surface area contributed by atoms with Crippen LogP contribution >= 0.6 is 0 Å². The molecule has 1 aliphatic rings. The standard InChI is InChI=1S/C15H21N2O8.C4H9.2Co/c1-8(16-14(22)24-15(3,4)5)12(20)23-9(2)13(21)25-17-10(18)6-7-11(17)19;1-4(2)3;;/h8-9H,1,6-7H2,2-5H3,(H,16,22);1-3H3;;/q2*-1;;/t8-,9-;;;/m0.../s1. The molecule has 0 aromatic rings. The summed E-state index contributed by atoms with van der Waals surface area (Å²) in [6.45, 7) is 15.7. The van der Waals surface area contributed by atoms with Gasteiger partial charge >= 0.3 is 12.1 Å². The van der Waals surface area contributed by atoms with E-state index in [4.69, 9.17) is 9.47 Å². The number of hydroxylamine groups is 2. The first kappa shape index (κ1) is 34.0. The SMILES string of the molecule is C[C-](C)C.[CH2-][C@H](NC(=O)OC(C)(C)C)C(=O)O[C@@H](C)C(=O)ON1C(=O)CCC1=O.[Co].[Co]. The second-order valence-corrected chi connectivity index (χ2v) is 7.77. The normalized spacial score (nSPS) is 14.8. The summed E-state index contributed by atoms with van der Waals surface area (Å²) in [6.07, 6.45) is -2.41. The number of alkyl carbamates (subject to hydrolysis) is 1. The first-order chi connectivity index (χ1) is 13.1. The smallest absolute Gasteiger partial charge is 0.405 e. The molecule has 0 aromatic carbocycles. The fourth-order valence-corrected chi connectivity index (χ4v) is 1.64. The quantitative estimate of drug-likeness (QED) is 0.323. The van der Waals surface area contributed by atoms with Crippen molar-refractivity contribution in [3.8, 4) is 0 Å². The van der Waals surface area contributed by atoms with Crippen molar-refractivity contribution in [1.29, 1.82) is 0 Å². The summed E-state index contributed by atoms with van der Waals surface area (Å²) < 4.78 is 9.74. The summed E-state index contributed by atoms with van der Waals surface area (Å²) >= 11 is 0. The molecule has 1 N–H and O–H groups in total. The van der Waals surface area contributed by atoms with Crippen molar-refractivity contribution in [3.05, 3.63) is 12.8 Å². The summed E-state index contributed by atoms with van der Waals surface area (Å²) in [5, 5.41) is 2.49. The summed E-state index contributed by atoms with van der Waals surface area (Å²) in [4.78, 5) is 62.5. The van der Waals surface area contributed by atoms with E-state index >= 15 is 0 Å². The monoisotopic (exact) mass is 532 g/mol. The molecule has 0 spiro atoms. The van der Waals surface area contributed by atoms with Crippen LogP contribution in [-0.4, -0.2) is 52.7 Å². The Hall–Kier alpha value is -1.64. The Morgan fingerprint density at radius 3 is 1.84 bits per heavy atom. The van der Waals surface area contributed by atoms with Crippen molar-refractivity contribution in [3.63, 3.8) is 0 Å². The molecular formula is C19H30Co2N2O8-2. The van der Waals surface area contributed by atoms with Crippen molar-refractivity contribution >= 4 is 29.8 Å². The van der Waals surface area contributed by atoms with Gasteiger partial charge in [0.1, 0.15) is 5.60 Å². The van der Waals surface area contributed by atoms with E-state index in [0.29, 0.717) is 5.06 Å². The van der Waals surface area contributed by atoms with Gasteiger partial charge in [0.25, 0.3) is 17.8 Å². The van der Waals surface area contributed by atoms with Crippen LogP contribution in [0.15, 0.2) is 0 Å². The predicted molar refractivity (Wildman–Crippen MR) is 102 cm³/mol. The number of nitrogens with zero attached hydrogens (tertiary/aromatic N) is 1. The van der Waals surface area contributed by atoms with Crippen LogP contribution in [0.2, 0.25) is 0 Å². The van der Waals surface area contributed by atoms with Crippen molar-refractivity contribution in [2.24, 2.45) is 0 Å². The zero-order valence-electron chi connectivity index (χ0n) is 18.7. The van der Waals surface area contributed by atoms with E-state index in [-0.39, 0.29) is 46.4 Å². The molecule has 10 nitrogen and oxygen atoms in total. The first-order valence-electron chi connectivity index (χ1n) is 9.01. The molecule has 0 aliphatic carbocycles. The third-order valence-corrected chi connectivity index (χ3v) is 2.79. The van der Waals surface area contributed by atoms with Crippen LogP contribution < -0.4 is 5.32 Å². The molecule has 12 heteroatoms. The molecule has 2 atom stereocenters. The number of nitrogens with one attached hydrogen (secondary N) is 1. The van der Waals surface area contributed by atoms with Crippen molar-refractivity contribution in [2.75, 3.05) is 0 Å². The van der Waals surface area contributed by atoms with Gasteiger partial charge < -0.3 is 32.5 Å². The van der Waals surface area contributed by atoms with E-state index in [9.17, 15) is 24.0 Å². The Morgan fingerprint density at radius 2 is 1.45 bits per heavy atom. The van der Waals surface area contributed by atoms with Crippen LogP contribution in [0.5, 0.6) is 0 Å². The molecule has 1 rings (SSSR count). The maximum atomic E-state index is 11.8. The topological polar surface area (TPSA) is 128 Å². The van der Waals surface area contributed by atoms with E-state index < -0.39 is 47.6 Å². The van der Waals surface area contributed by atoms with Gasteiger partial charge in [-0.25, -0.2) is 9.59 Å². The van der Waals surface area contributed by atoms with Gasteiger partial charge in [0, 0.05) is 52.4 Å². The maximum Gasteiger partial charge on any atom is 0.405 e. The van der Waals surface area contributed by atoms with Gasteiger partial charge in [0.15, 0.2) is 6.10 Å². The minimum Gasteiger partial charge on any atom is -0.451 e. The van der Waals surface area contributed by atoms with Gasteiger partial charge in [-0.05, 0) is 27.7 Å². The fraction of sp³-hybridized carbons (Fsp3) is 0.632. The van der Waals surface area contributed by atoms with E-state index in [1.165, 1.54) is 12.8 Å². The molecule has 0 aromatic heterocycles. The van der Waals surface area contributed by atoms with Crippen LogP contribution in [0.4, 0.5) is 4.79 Å². The van der Waals surface area contributed by atoms with Crippen molar-refractivity contribution < 1.29 is 71.8 Å². The minimum absolute atomic E-state index is 0. The van der Waals surface area contributed by atoms with E-state index in [1.807, 2.05) is 0 Å². The van der Waals surface area contributed by atoms with Gasteiger partial charge in [-0.2, -0.15) is 20.8 Å². The van der Waals surface area contributed by atoms with Crippen LogP contribution in [0.1, 0.15) is 61.3 Å². The molecule has 1 heterocycles. The number of esters is 1. The number of rotatable bonds is 5. The number of hydrogen-bond donors (Lipinski definition) is 1. The van der Waals surface area contributed by atoms with Crippen LogP contribution in [0, 0.1) is 12.8 Å². The number of imide groups is 1. The zero-order valence-corrected chi connectivity index (χ0v) is 20.7. The van der Waals surface area contributed by atoms with Gasteiger partial charge in [-0.15, -0.1) is 5.06 Å². The van der Waals surface area contributed by atoms with Gasteiger partial charge in [-0.3, -0.25) is 14.4 Å². The van der Waals surface area contributed by atoms with E-state index in [0.717, 1.165) is 0 Å². The minimum atomic E-state index is -1.42. The largest absolute Gasteiger partial charge is 0.451 e. The number of ether oxygens (including phenoxy) is 2. The Morgan fingerprint density at radius 1 is 1.03 bits per heavy atom. The summed E-state index contributed by atoms with van der Waals surface area (Å²) in [7, 11) is 0. The molecule has 1 saturated heterocycles. The van der Waals surface area contributed by atoms with Crippen LogP contribution in [0.3, 0.4) is 0 Å². The molecule has 184 valence electrons. The molecule has 1 aliphatic heterocycles. The van der Waals surface area contributed by atoms with Crippen molar-refractivity contribution in [1.82, 2.24) is 10.4 Å². The summed E-state index contributed by atoms with van der Waals surface area (Å²) in [5.74, 6) is -2.02. The molecular weight excluding hydrogens is 502 g/mol. The maximum absolute atomic E-state index is 11.8. The molecule has 1 fully saturated rings. The predicted octanol–water partition coefficient (Wildman–Crippen LogP) is 1.87. The average molecular weight is 532 g/mol. The molecule has 0 unspecified atom stereocenters. The fourth-order valence-electron chi connectivity index (χ4n) is 1.64. The number of carbonyl (C=O) groups excluding carboxylic acids is 5. The molecule has 3 amide bonds. The van der Waals surface area contributed by atoms with Crippen LogP contribution in [0.25, 0.3) is 0 Å². The molecule has 0 bridgehead atoms. The summed E-state index contributed by atoms with van der Waals surface area (Å²) in [6, 6.07) is -1.33. The Balaban J connectivity index is -0.00000120. The number of carbonyl (C=O) groups is 5. The van der Waals surface area contributed by atoms with E-state index in [1.54, 1.807) is 20.8 Å². The first-order valence-corrected chi connectivity index (χ1v) is 9.01. The van der Waals surface area contributed by atoms with Gasteiger partial charge in [-0.1, -0.05) is 0 Å². The third-order valence-electron chi connectivity index (χ3n) is 2.79. The molecule has 2 radical (unpaired) electrons. The molecule has 0 saturated carbocycles. The van der Waals surface area contributed by atoms with E-state index in [2.05, 4.69) is 37.8 Å². The Bertz CT molecular complexity index is 616. The van der Waals surface area contributed by atoms with Crippen LogP contribution in [-0.2, 0) is 67.0 Å². The van der Waals surface area contributed by atoms with Gasteiger partial charge in [0.2, 0.25) is 0 Å². The number of amides is 3. The second kappa shape index (κ2) is 15.2. The van der Waals surface area contributed by atoms with Crippen molar-refractivity contribution in [2.45, 2.75) is 79.1 Å². The Kier molecular flexibility index (Phi) is 16.7. The Labute approximate surface area is 203 Å². The second-order valence-electron chi connectivity index (χ2n) is 7.77. The average Bonchev–Trinajstić information content (AvgIpc) is 2.84. The van der Waals surface area contributed by atoms with Gasteiger partial charge in [0.05, 0.1) is 0 Å². The summed E-state index contributed by atoms with van der Waals surface area (Å²) in [5.41, 5.74) is -0.764. The number of hydrogen-bond acceptors (Lipinski definition) is 8. The zero-order chi connectivity index (χ0) is 22.9. The third kappa shape index (κ3) is 14.9. The molecule has 31 heavy (non-hydrogen) atoms.